The number of benzene rings is 1. The number of nitrogens with one attached hydrogen (secondary N) is 1. The molecule has 2 rings (SSSR count). The SMILES string of the molecule is CC[C@@H](c1ccccc1[N+](=O)[O-])N1CCNCC1.Cl.Cl. The molecule has 1 aliphatic heterocycles. The van der Waals surface area contributed by atoms with Crippen LogP contribution >= 0.6 is 24.8 Å². The minimum atomic E-state index is -0.278. The molecule has 114 valence electrons. The molecule has 1 aromatic rings. The van der Waals surface area contributed by atoms with Gasteiger partial charge in [0.25, 0.3) is 5.69 Å². The third-order valence-electron chi connectivity index (χ3n) is 3.47. The third kappa shape index (κ3) is 4.31. The van der Waals surface area contributed by atoms with E-state index in [0.717, 1.165) is 38.2 Å². The Morgan fingerprint density at radius 3 is 2.45 bits per heavy atom. The number of nitro groups is 1. The zero-order valence-electron chi connectivity index (χ0n) is 11.4. The van der Waals surface area contributed by atoms with E-state index in [2.05, 4.69) is 17.1 Å². The van der Waals surface area contributed by atoms with E-state index in [1.807, 2.05) is 12.1 Å². The highest BCUT2D eigenvalue weighted by Crippen LogP contribution is 2.31. The lowest BCUT2D eigenvalue weighted by molar-refractivity contribution is -0.386. The lowest BCUT2D eigenvalue weighted by Gasteiger charge is -2.34. The lowest BCUT2D eigenvalue weighted by atomic mass is 10.00. The van der Waals surface area contributed by atoms with Crippen LogP contribution in [0.25, 0.3) is 0 Å². The van der Waals surface area contributed by atoms with Crippen LogP contribution in [0.3, 0.4) is 0 Å². The van der Waals surface area contributed by atoms with Crippen molar-refractivity contribution < 1.29 is 4.92 Å². The molecule has 0 unspecified atom stereocenters. The van der Waals surface area contributed by atoms with Crippen LogP contribution in [0, 0.1) is 10.1 Å². The average molecular weight is 322 g/mol. The molecule has 0 radical (unpaired) electrons. The first kappa shape index (κ1) is 19.1. The molecule has 0 amide bonds. The van der Waals surface area contributed by atoms with Gasteiger partial charge in [0.1, 0.15) is 0 Å². The smallest absolute Gasteiger partial charge is 0.274 e. The second-order valence-corrected chi connectivity index (χ2v) is 4.53. The molecule has 1 aliphatic rings. The minimum absolute atomic E-state index is 0. The van der Waals surface area contributed by atoms with Gasteiger partial charge < -0.3 is 5.32 Å². The minimum Gasteiger partial charge on any atom is -0.314 e. The van der Waals surface area contributed by atoms with Crippen LogP contribution in [-0.2, 0) is 0 Å². The molecule has 1 aromatic carbocycles. The molecule has 0 saturated carbocycles. The summed E-state index contributed by atoms with van der Waals surface area (Å²) in [5.74, 6) is 0. The zero-order valence-corrected chi connectivity index (χ0v) is 13.1. The number of para-hydroxylation sites is 1. The average Bonchev–Trinajstić information content (AvgIpc) is 2.41. The Bertz CT molecular complexity index is 426. The number of hydrogen-bond acceptors (Lipinski definition) is 4. The van der Waals surface area contributed by atoms with Crippen molar-refractivity contribution in [3.63, 3.8) is 0 Å². The van der Waals surface area contributed by atoms with Crippen LogP contribution < -0.4 is 5.32 Å². The van der Waals surface area contributed by atoms with E-state index in [1.54, 1.807) is 12.1 Å². The Hall–Kier alpha value is -0.880. The third-order valence-corrected chi connectivity index (χ3v) is 3.47. The molecule has 1 N–H and O–H groups in total. The van der Waals surface area contributed by atoms with Crippen molar-refractivity contribution in [1.29, 1.82) is 0 Å². The number of nitrogens with zero attached hydrogens (tertiary/aromatic N) is 2. The predicted molar refractivity (Wildman–Crippen MR) is 85.1 cm³/mol. The van der Waals surface area contributed by atoms with E-state index >= 15 is 0 Å². The van der Waals surface area contributed by atoms with Crippen molar-refractivity contribution >= 4 is 30.5 Å². The summed E-state index contributed by atoms with van der Waals surface area (Å²) < 4.78 is 0. The van der Waals surface area contributed by atoms with Crippen LogP contribution in [0.2, 0.25) is 0 Å². The highest BCUT2D eigenvalue weighted by atomic mass is 35.5. The standard InChI is InChI=1S/C13H19N3O2.2ClH/c1-2-12(15-9-7-14-8-10-15)11-5-3-4-6-13(11)16(17)18;;/h3-6,12,14H,2,7-10H2,1H3;2*1H/t12-;;/m0../s1. The molecule has 1 heterocycles. The van der Waals surface area contributed by atoms with Gasteiger partial charge in [-0.2, -0.15) is 0 Å². The maximum Gasteiger partial charge on any atom is 0.274 e. The summed E-state index contributed by atoms with van der Waals surface area (Å²) >= 11 is 0. The Labute approximate surface area is 131 Å². The molecule has 1 saturated heterocycles. The van der Waals surface area contributed by atoms with Crippen LogP contribution in [-0.4, -0.2) is 36.0 Å². The van der Waals surface area contributed by atoms with Crippen molar-refractivity contribution in [2.75, 3.05) is 26.2 Å². The predicted octanol–water partition coefficient (Wildman–Crippen LogP) is 2.79. The van der Waals surface area contributed by atoms with E-state index in [4.69, 9.17) is 0 Å². The number of nitro benzene ring substituents is 1. The van der Waals surface area contributed by atoms with E-state index in [1.165, 1.54) is 0 Å². The fraction of sp³-hybridized carbons (Fsp3) is 0.538. The van der Waals surface area contributed by atoms with Crippen LogP contribution in [0.15, 0.2) is 24.3 Å². The quantitative estimate of drug-likeness (QED) is 0.684. The van der Waals surface area contributed by atoms with Crippen LogP contribution in [0.4, 0.5) is 5.69 Å². The molecule has 1 atom stereocenters. The summed E-state index contributed by atoms with van der Waals surface area (Å²) in [6.07, 6.45) is 0.894. The molecule has 7 heteroatoms. The second-order valence-electron chi connectivity index (χ2n) is 4.53. The summed E-state index contributed by atoms with van der Waals surface area (Å²) in [6.45, 7) is 5.90. The van der Waals surface area contributed by atoms with Gasteiger partial charge in [-0.1, -0.05) is 25.1 Å². The lowest BCUT2D eigenvalue weighted by Crippen LogP contribution is -2.45. The number of hydrogen-bond donors (Lipinski definition) is 1. The van der Waals surface area contributed by atoms with E-state index < -0.39 is 0 Å². The topological polar surface area (TPSA) is 58.4 Å². The fourth-order valence-electron chi connectivity index (χ4n) is 2.60. The van der Waals surface area contributed by atoms with Gasteiger partial charge in [0.15, 0.2) is 0 Å². The van der Waals surface area contributed by atoms with Gasteiger partial charge in [-0.25, -0.2) is 0 Å². The normalized spacial score (nSPS) is 16.6. The molecule has 0 aliphatic carbocycles. The summed E-state index contributed by atoms with van der Waals surface area (Å²) in [5, 5.41) is 14.4. The van der Waals surface area contributed by atoms with Crippen molar-refractivity contribution in [3.05, 3.63) is 39.9 Å². The van der Waals surface area contributed by atoms with Crippen LogP contribution in [0.5, 0.6) is 0 Å². The maximum absolute atomic E-state index is 11.1. The van der Waals surface area contributed by atoms with Gasteiger partial charge in [0.2, 0.25) is 0 Å². The van der Waals surface area contributed by atoms with Crippen molar-refractivity contribution in [3.8, 4) is 0 Å². The van der Waals surface area contributed by atoms with Gasteiger partial charge in [-0.15, -0.1) is 24.8 Å². The van der Waals surface area contributed by atoms with Gasteiger partial charge in [-0.05, 0) is 6.42 Å². The summed E-state index contributed by atoms with van der Waals surface area (Å²) in [7, 11) is 0. The van der Waals surface area contributed by atoms with Crippen molar-refractivity contribution in [1.82, 2.24) is 10.2 Å². The summed E-state index contributed by atoms with van der Waals surface area (Å²) in [4.78, 5) is 13.2. The van der Waals surface area contributed by atoms with Gasteiger partial charge in [0, 0.05) is 43.9 Å². The summed E-state index contributed by atoms with van der Waals surface area (Å²) in [6, 6.07) is 7.24. The molecular formula is C13H21Cl2N3O2. The van der Waals surface area contributed by atoms with Crippen molar-refractivity contribution in [2.45, 2.75) is 19.4 Å². The molecule has 0 spiro atoms. The number of piperazine rings is 1. The van der Waals surface area contributed by atoms with E-state index in [-0.39, 0.29) is 41.5 Å². The molecule has 5 nitrogen and oxygen atoms in total. The molecule has 0 bridgehead atoms. The largest absolute Gasteiger partial charge is 0.314 e. The maximum atomic E-state index is 11.1. The van der Waals surface area contributed by atoms with E-state index in [0.29, 0.717) is 0 Å². The van der Waals surface area contributed by atoms with Crippen molar-refractivity contribution in [2.24, 2.45) is 0 Å². The first-order chi connectivity index (χ1) is 8.74. The van der Waals surface area contributed by atoms with Gasteiger partial charge in [-0.3, -0.25) is 15.0 Å². The number of rotatable bonds is 4. The highest BCUT2D eigenvalue weighted by Gasteiger charge is 2.26. The molecule has 20 heavy (non-hydrogen) atoms. The van der Waals surface area contributed by atoms with Gasteiger partial charge in [0.05, 0.1) is 4.92 Å². The Balaban J connectivity index is 0.00000180. The molecule has 1 fully saturated rings. The molecule has 0 aromatic heterocycles. The Kier molecular flexibility index (Phi) is 8.73. The van der Waals surface area contributed by atoms with E-state index in [9.17, 15) is 10.1 Å². The fourth-order valence-corrected chi connectivity index (χ4v) is 2.60. The molecular weight excluding hydrogens is 301 g/mol. The summed E-state index contributed by atoms with van der Waals surface area (Å²) in [5.41, 5.74) is 1.08. The first-order valence-electron chi connectivity index (χ1n) is 6.42. The first-order valence-corrected chi connectivity index (χ1v) is 6.42. The van der Waals surface area contributed by atoms with Gasteiger partial charge >= 0.3 is 0 Å². The zero-order chi connectivity index (χ0) is 13.0. The second kappa shape index (κ2) is 9.13. The Morgan fingerprint density at radius 2 is 1.90 bits per heavy atom. The Morgan fingerprint density at radius 1 is 1.30 bits per heavy atom. The number of halogens is 2. The monoisotopic (exact) mass is 321 g/mol. The van der Waals surface area contributed by atoms with Crippen LogP contribution in [0.1, 0.15) is 24.9 Å². The highest BCUT2D eigenvalue weighted by molar-refractivity contribution is 5.85.